The van der Waals surface area contributed by atoms with Crippen molar-refractivity contribution in [1.29, 1.82) is 0 Å². The zero-order valence-corrected chi connectivity index (χ0v) is 13.5. The summed E-state index contributed by atoms with van der Waals surface area (Å²) >= 11 is 0. The number of nitrogens with zero attached hydrogens (tertiary/aromatic N) is 6. The predicted octanol–water partition coefficient (Wildman–Crippen LogP) is 0.329. The largest absolute Gasteiger partial charge is 0.349 e. The number of carbonyl (C=O) groups is 1. The molecule has 0 saturated heterocycles. The van der Waals surface area contributed by atoms with Crippen LogP contribution in [0.3, 0.4) is 0 Å². The minimum atomic E-state index is -0.0676. The monoisotopic (exact) mass is 315 g/mol. The molecule has 0 aliphatic carbocycles. The Labute approximate surface area is 135 Å². The summed E-state index contributed by atoms with van der Waals surface area (Å²) in [6, 6.07) is 0. The molecule has 1 amide bonds. The zero-order chi connectivity index (χ0) is 16.2. The number of aromatic nitrogens is 5. The van der Waals surface area contributed by atoms with Crippen molar-refractivity contribution in [2.75, 3.05) is 18.0 Å². The highest BCUT2D eigenvalue weighted by atomic mass is 16.1. The molecule has 0 saturated carbocycles. The number of amides is 1. The molecule has 23 heavy (non-hydrogen) atoms. The maximum Gasteiger partial charge on any atom is 0.225 e. The van der Waals surface area contributed by atoms with E-state index in [0.717, 1.165) is 55.6 Å². The van der Waals surface area contributed by atoms with E-state index in [-0.39, 0.29) is 5.91 Å². The van der Waals surface area contributed by atoms with E-state index in [1.165, 1.54) is 6.92 Å². The third-order valence-electron chi connectivity index (χ3n) is 3.98. The number of hydrogen-bond donors (Lipinski definition) is 1. The molecule has 0 unspecified atom stereocenters. The van der Waals surface area contributed by atoms with Crippen LogP contribution in [0, 0.1) is 0 Å². The average molecular weight is 315 g/mol. The van der Waals surface area contributed by atoms with Crippen molar-refractivity contribution in [3.8, 4) is 0 Å². The molecule has 0 fully saturated rings. The van der Waals surface area contributed by atoms with Crippen molar-refractivity contribution in [3.63, 3.8) is 0 Å². The number of aryl methyl sites for hydroxylation is 1. The summed E-state index contributed by atoms with van der Waals surface area (Å²) in [6.07, 6.45) is 5.49. The second-order valence-electron chi connectivity index (χ2n) is 5.58. The van der Waals surface area contributed by atoms with E-state index in [1.807, 2.05) is 12.4 Å². The first-order chi connectivity index (χ1) is 11.2. The maximum absolute atomic E-state index is 11.1. The number of hydrogen-bond acceptors (Lipinski definition) is 6. The van der Waals surface area contributed by atoms with Crippen molar-refractivity contribution in [3.05, 3.63) is 29.6 Å². The second-order valence-corrected chi connectivity index (χ2v) is 5.58. The molecule has 3 heterocycles. The molecular weight excluding hydrogens is 294 g/mol. The van der Waals surface area contributed by atoms with Crippen LogP contribution in [0.4, 0.5) is 5.95 Å². The summed E-state index contributed by atoms with van der Waals surface area (Å²) in [5, 5.41) is 11.2. The van der Waals surface area contributed by atoms with Crippen LogP contribution >= 0.6 is 0 Å². The Balaban J connectivity index is 1.70. The molecule has 8 heteroatoms. The van der Waals surface area contributed by atoms with Gasteiger partial charge in [-0.3, -0.25) is 4.79 Å². The molecule has 1 aliphatic heterocycles. The van der Waals surface area contributed by atoms with Gasteiger partial charge in [-0.15, -0.1) is 10.2 Å². The van der Waals surface area contributed by atoms with Crippen molar-refractivity contribution in [2.24, 2.45) is 0 Å². The van der Waals surface area contributed by atoms with Gasteiger partial charge in [-0.1, -0.05) is 6.92 Å². The van der Waals surface area contributed by atoms with Gasteiger partial charge in [-0.2, -0.15) is 0 Å². The standard InChI is InChI=1S/C15H21N7O/c1-3-12-8-17-15(18-9-12)21-5-4-13-19-20-14(10-16-11(2)23)22(13)7-6-21/h8-9H,3-7,10H2,1-2H3,(H,16,23). The average Bonchev–Trinajstić information content (AvgIpc) is 2.83. The van der Waals surface area contributed by atoms with Crippen LogP contribution in [-0.2, 0) is 30.7 Å². The smallest absolute Gasteiger partial charge is 0.225 e. The van der Waals surface area contributed by atoms with Crippen LogP contribution in [0.2, 0.25) is 0 Å². The lowest BCUT2D eigenvalue weighted by Crippen LogP contribution is -2.29. The molecule has 0 aromatic carbocycles. The van der Waals surface area contributed by atoms with Gasteiger partial charge in [-0.25, -0.2) is 9.97 Å². The lowest BCUT2D eigenvalue weighted by Gasteiger charge is -2.19. The number of anilines is 1. The van der Waals surface area contributed by atoms with E-state index in [0.29, 0.717) is 6.54 Å². The quantitative estimate of drug-likeness (QED) is 0.874. The number of carbonyl (C=O) groups excluding carboxylic acids is 1. The summed E-state index contributed by atoms with van der Waals surface area (Å²) in [5.41, 5.74) is 1.14. The minimum absolute atomic E-state index is 0.0676. The molecule has 2 aromatic rings. The van der Waals surface area contributed by atoms with Crippen LogP contribution in [0.1, 0.15) is 31.1 Å². The fourth-order valence-corrected chi connectivity index (χ4v) is 2.61. The zero-order valence-electron chi connectivity index (χ0n) is 13.5. The normalized spacial score (nSPS) is 14.3. The summed E-state index contributed by atoms with van der Waals surface area (Å²) in [5.74, 6) is 2.42. The number of rotatable bonds is 4. The highest BCUT2D eigenvalue weighted by molar-refractivity contribution is 5.72. The van der Waals surface area contributed by atoms with Gasteiger partial charge in [0.05, 0.1) is 6.54 Å². The molecule has 0 bridgehead atoms. The SMILES string of the molecule is CCc1cnc(N2CCc3nnc(CNC(C)=O)n3CC2)nc1. The first-order valence-corrected chi connectivity index (χ1v) is 7.88. The molecule has 3 rings (SSSR count). The van der Waals surface area contributed by atoms with E-state index in [4.69, 9.17) is 0 Å². The Morgan fingerprint density at radius 1 is 1.22 bits per heavy atom. The summed E-state index contributed by atoms with van der Waals surface area (Å²) in [6.45, 7) is 6.36. The lowest BCUT2D eigenvalue weighted by atomic mass is 10.3. The van der Waals surface area contributed by atoms with Gasteiger partial charge >= 0.3 is 0 Å². The molecular formula is C15H21N7O. The van der Waals surface area contributed by atoms with E-state index in [1.54, 1.807) is 0 Å². The molecule has 1 N–H and O–H groups in total. The fourth-order valence-electron chi connectivity index (χ4n) is 2.61. The Kier molecular flexibility index (Phi) is 4.50. The molecule has 0 spiro atoms. The Morgan fingerprint density at radius 2 is 2.00 bits per heavy atom. The highest BCUT2D eigenvalue weighted by Crippen LogP contribution is 2.14. The third kappa shape index (κ3) is 3.46. The lowest BCUT2D eigenvalue weighted by molar-refractivity contribution is -0.119. The van der Waals surface area contributed by atoms with Gasteiger partial charge in [0.2, 0.25) is 11.9 Å². The molecule has 1 aliphatic rings. The topological polar surface area (TPSA) is 88.8 Å². The Morgan fingerprint density at radius 3 is 2.70 bits per heavy atom. The van der Waals surface area contributed by atoms with Gasteiger partial charge in [0.25, 0.3) is 0 Å². The summed E-state index contributed by atoms with van der Waals surface area (Å²) < 4.78 is 2.08. The Bertz CT molecular complexity index is 680. The van der Waals surface area contributed by atoms with Crippen LogP contribution in [0.15, 0.2) is 12.4 Å². The molecule has 0 atom stereocenters. The third-order valence-corrected chi connectivity index (χ3v) is 3.98. The van der Waals surface area contributed by atoms with Crippen LogP contribution in [0.25, 0.3) is 0 Å². The summed E-state index contributed by atoms with van der Waals surface area (Å²) in [7, 11) is 0. The first kappa shape index (κ1) is 15.4. The van der Waals surface area contributed by atoms with Crippen molar-refractivity contribution in [2.45, 2.75) is 39.8 Å². The van der Waals surface area contributed by atoms with Gasteiger partial charge < -0.3 is 14.8 Å². The van der Waals surface area contributed by atoms with Crippen molar-refractivity contribution in [1.82, 2.24) is 30.0 Å². The van der Waals surface area contributed by atoms with Gasteiger partial charge in [0.1, 0.15) is 5.82 Å². The molecule has 2 aromatic heterocycles. The second kappa shape index (κ2) is 6.72. The van der Waals surface area contributed by atoms with Gasteiger partial charge in [0, 0.05) is 45.4 Å². The number of nitrogens with one attached hydrogen (secondary N) is 1. The Hall–Kier alpha value is -2.51. The van der Waals surface area contributed by atoms with Gasteiger partial charge in [-0.05, 0) is 12.0 Å². The van der Waals surface area contributed by atoms with E-state index >= 15 is 0 Å². The first-order valence-electron chi connectivity index (χ1n) is 7.88. The predicted molar refractivity (Wildman–Crippen MR) is 84.9 cm³/mol. The van der Waals surface area contributed by atoms with Gasteiger partial charge in [0.15, 0.2) is 5.82 Å². The molecule has 8 nitrogen and oxygen atoms in total. The van der Waals surface area contributed by atoms with Crippen LogP contribution < -0.4 is 10.2 Å². The number of fused-ring (bicyclic) bond motifs is 1. The van der Waals surface area contributed by atoms with Crippen molar-refractivity contribution >= 4 is 11.9 Å². The fraction of sp³-hybridized carbons (Fsp3) is 0.533. The van der Waals surface area contributed by atoms with E-state index in [9.17, 15) is 4.79 Å². The summed E-state index contributed by atoms with van der Waals surface area (Å²) in [4.78, 5) is 22.1. The minimum Gasteiger partial charge on any atom is -0.349 e. The van der Waals surface area contributed by atoms with E-state index < -0.39 is 0 Å². The van der Waals surface area contributed by atoms with E-state index in [2.05, 4.69) is 41.9 Å². The maximum atomic E-state index is 11.1. The molecule has 0 radical (unpaired) electrons. The van der Waals surface area contributed by atoms with Crippen LogP contribution in [-0.4, -0.2) is 43.7 Å². The van der Waals surface area contributed by atoms with Crippen LogP contribution in [0.5, 0.6) is 0 Å². The highest BCUT2D eigenvalue weighted by Gasteiger charge is 2.20. The molecule has 122 valence electrons. The van der Waals surface area contributed by atoms with Crippen molar-refractivity contribution < 1.29 is 4.79 Å².